The minimum Gasteiger partial charge on any atom is -0.330 e. The van der Waals surface area contributed by atoms with E-state index in [-0.39, 0.29) is 5.92 Å². The van der Waals surface area contributed by atoms with Gasteiger partial charge in [0.25, 0.3) is 0 Å². The molecule has 0 amide bonds. The first kappa shape index (κ1) is 11.0. The van der Waals surface area contributed by atoms with Crippen LogP contribution in [0.5, 0.6) is 0 Å². The van der Waals surface area contributed by atoms with E-state index in [1.807, 2.05) is 0 Å². The van der Waals surface area contributed by atoms with Crippen LogP contribution in [0.2, 0.25) is 0 Å². The first-order chi connectivity index (χ1) is 5.96. The lowest BCUT2D eigenvalue weighted by Crippen LogP contribution is -2.39. The predicted octanol–water partition coefficient (Wildman–Crippen LogP) is 0.652. The van der Waals surface area contributed by atoms with Gasteiger partial charge in [-0.2, -0.15) is 0 Å². The topological polar surface area (TPSA) is 60.2 Å². The average molecular weight is 205 g/mol. The molecule has 4 heteroatoms. The summed E-state index contributed by atoms with van der Waals surface area (Å²) in [4.78, 5) is 0. The third-order valence-corrected chi connectivity index (χ3v) is 4.79. The third kappa shape index (κ3) is 2.68. The molecule has 2 atom stereocenters. The first-order valence-electron chi connectivity index (χ1n) is 4.87. The Kier molecular flexibility index (Phi) is 3.35. The van der Waals surface area contributed by atoms with E-state index in [0.717, 1.165) is 6.42 Å². The van der Waals surface area contributed by atoms with Crippen molar-refractivity contribution in [2.24, 2.45) is 23.5 Å². The molecule has 0 aliphatic carbocycles. The van der Waals surface area contributed by atoms with Gasteiger partial charge in [-0.25, -0.2) is 8.42 Å². The van der Waals surface area contributed by atoms with Gasteiger partial charge in [0.15, 0.2) is 9.84 Å². The van der Waals surface area contributed by atoms with E-state index in [1.54, 1.807) is 0 Å². The van der Waals surface area contributed by atoms with Crippen molar-refractivity contribution in [1.82, 2.24) is 0 Å². The summed E-state index contributed by atoms with van der Waals surface area (Å²) < 4.78 is 22.7. The van der Waals surface area contributed by atoms with Crippen molar-refractivity contribution < 1.29 is 8.42 Å². The van der Waals surface area contributed by atoms with Crippen molar-refractivity contribution in [3.63, 3.8) is 0 Å². The van der Waals surface area contributed by atoms with Gasteiger partial charge in [-0.05, 0) is 30.7 Å². The molecule has 78 valence electrons. The molecule has 1 heterocycles. The van der Waals surface area contributed by atoms with Crippen LogP contribution >= 0.6 is 0 Å². The Morgan fingerprint density at radius 2 is 2.08 bits per heavy atom. The molecule has 0 spiro atoms. The van der Waals surface area contributed by atoms with Gasteiger partial charge in [0.05, 0.1) is 11.5 Å². The quantitative estimate of drug-likeness (QED) is 0.720. The Morgan fingerprint density at radius 1 is 1.46 bits per heavy atom. The molecule has 1 saturated heterocycles. The van der Waals surface area contributed by atoms with Crippen LogP contribution in [-0.4, -0.2) is 26.5 Å². The predicted molar refractivity (Wildman–Crippen MR) is 54.1 cm³/mol. The van der Waals surface area contributed by atoms with Crippen LogP contribution in [0.3, 0.4) is 0 Å². The summed E-state index contributed by atoms with van der Waals surface area (Å²) in [5.74, 6) is 1.87. The van der Waals surface area contributed by atoms with E-state index >= 15 is 0 Å². The van der Waals surface area contributed by atoms with E-state index in [2.05, 4.69) is 13.8 Å². The number of hydrogen-bond acceptors (Lipinski definition) is 3. The van der Waals surface area contributed by atoms with Crippen LogP contribution in [0.25, 0.3) is 0 Å². The Labute approximate surface area is 80.6 Å². The van der Waals surface area contributed by atoms with E-state index in [4.69, 9.17) is 5.73 Å². The second-order valence-electron chi connectivity index (χ2n) is 4.31. The second kappa shape index (κ2) is 3.96. The lowest BCUT2D eigenvalue weighted by atomic mass is 9.82. The highest BCUT2D eigenvalue weighted by Crippen LogP contribution is 2.30. The van der Waals surface area contributed by atoms with Crippen LogP contribution in [-0.2, 0) is 9.84 Å². The molecule has 3 nitrogen and oxygen atoms in total. The molecule has 1 aliphatic rings. The normalized spacial score (nSPS) is 33.5. The monoisotopic (exact) mass is 205 g/mol. The van der Waals surface area contributed by atoms with Crippen molar-refractivity contribution in [1.29, 1.82) is 0 Å². The lowest BCUT2D eigenvalue weighted by molar-refractivity contribution is 0.260. The molecule has 0 bridgehead atoms. The van der Waals surface area contributed by atoms with Gasteiger partial charge in [0.1, 0.15) is 0 Å². The fraction of sp³-hybridized carbons (Fsp3) is 1.00. The smallest absolute Gasteiger partial charge is 0.150 e. The fourth-order valence-electron chi connectivity index (χ4n) is 2.20. The molecule has 0 radical (unpaired) electrons. The number of hydrogen-bond donors (Lipinski definition) is 1. The van der Waals surface area contributed by atoms with Crippen molar-refractivity contribution in [2.75, 3.05) is 18.1 Å². The molecule has 0 aromatic heterocycles. The van der Waals surface area contributed by atoms with E-state index < -0.39 is 9.84 Å². The summed E-state index contributed by atoms with van der Waals surface area (Å²) in [6, 6.07) is 0. The Bertz CT molecular complexity index is 259. The Hall–Kier alpha value is -0.0900. The molecule has 1 fully saturated rings. The Morgan fingerprint density at radius 3 is 2.54 bits per heavy atom. The minimum atomic E-state index is -2.79. The number of nitrogens with two attached hydrogens (primary N) is 1. The van der Waals surface area contributed by atoms with Crippen molar-refractivity contribution >= 4 is 9.84 Å². The van der Waals surface area contributed by atoms with Gasteiger partial charge in [-0.1, -0.05) is 13.8 Å². The van der Waals surface area contributed by atoms with Gasteiger partial charge in [-0.15, -0.1) is 0 Å². The standard InChI is InChI=1S/C9H19NO2S/c1-7(2)9-3-4-13(11,12)6-8(9)5-10/h7-9H,3-6,10H2,1-2H3. The molecule has 1 rings (SSSR count). The maximum atomic E-state index is 11.3. The molecule has 0 aromatic carbocycles. The highest BCUT2D eigenvalue weighted by Gasteiger charge is 2.33. The molecule has 0 aromatic rings. The van der Waals surface area contributed by atoms with Crippen molar-refractivity contribution in [3.05, 3.63) is 0 Å². The van der Waals surface area contributed by atoms with Gasteiger partial charge in [-0.3, -0.25) is 0 Å². The molecule has 2 N–H and O–H groups in total. The van der Waals surface area contributed by atoms with Crippen LogP contribution < -0.4 is 5.73 Å². The van der Waals surface area contributed by atoms with Gasteiger partial charge < -0.3 is 5.73 Å². The summed E-state index contributed by atoms with van der Waals surface area (Å²) in [5.41, 5.74) is 5.59. The average Bonchev–Trinajstić information content (AvgIpc) is 2.01. The molecular formula is C9H19NO2S. The van der Waals surface area contributed by atoms with Gasteiger partial charge >= 0.3 is 0 Å². The second-order valence-corrected chi connectivity index (χ2v) is 6.54. The SMILES string of the molecule is CC(C)C1CCS(=O)(=O)CC1CN. The minimum absolute atomic E-state index is 0.179. The summed E-state index contributed by atoms with van der Waals surface area (Å²) in [7, 11) is -2.79. The van der Waals surface area contributed by atoms with Crippen LogP contribution in [0.1, 0.15) is 20.3 Å². The molecule has 2 unspecified atom stereocenters. The van der Waals surface area contributed by atoms with E-state index in [0.29, 0.717) is 29.9 Å². The summed E-state index contributed by atoms with van der Waals surface area (Å²) in [6.45, 7) is 4.79. The Balaban J connectivity index is 2.72. The van der Waals surface area contributed by atoms with Crippen molar-refractivity contribution in [2.45, 2.75) is 20.3 Å². The molecular weight excluding hydrogens is 186 g/mol. The van der Waals surface area contributed by atoms with E-state index in [9.17, 15) is 8.42 Å². The van der Waals surface area contributed by atoms with Crippen LogP contribution in [0, 0.1) is 17.8 Å². The van der Waals surface area contributed by atoms with Crippen LogP contribution in [0.15, 0.2) is 0 Å². The number of sulfone groups is 1. The third-order valence-electron chi connectivity index (χ3n) is 2.99. The zero-order valence-electron chi connectivity index (χ0n) is 8.36. The summed E-state index contributed by atoms with van der Waals surface area (Å²) in [6.07, 6.45) is 0.794. The largest absolute Gasteiger partial charge is 0.330 e. The maximum absolute atomic E-state index is 11.3. The zero-order chi connectivity index (χ0) is 10.1. The van der Waals surface area contributed by atoms with Gasteiger partial charge in [0.2, 0.25) is 0 Å². The van der Waals surface area contributed by atoms with Gasteiger partial charge in [0, 0.05) is 0 Å². The highest BCUT2D eigenvalue weighted by atomic mass is 32.2. The summed E-state index contributed by atoms with van der Waals surface area (Å²) in [5, 5.41) is 0. The molecule has 13 heavy (non-hydrogen) atoms. The zero-order valence-corrected chi connectivity index (χ0v) is 9.18. The number of rotatable bonds is 2. The highest BCUT2D eigenvalue weighted by molar-refractivity contribution is 7.91. The fourth-order valence-corrected chi connectivity index (χ4v) is 4.04. The summed E-state index contributed by atoms with van der Waals surface area (Å²) >= 11 is 0. The van der Waals surface area contributed by atoms with E-state index in [1.165, 1.54) is 0 Å². The van der Waals surface area contributed by atoms with Crippen molar-refractivity contribution in [3.8, 4) is 0 Å². The van der Waals surface area contributed by atoms with Crippen LogP contribution in [0.4, 0.5) is 0 Å². The molecule has 1 aliphatic heterocycles. The maximum Gasteiger partial charge on any atom is 0.150 e. The lowest BCUT2D eigenvalue weighted by Gasteiger charge is -2.33. The first-order valence-corrected chi connectivity index (χ1v) is 6.69. The molecule has 0 saturated carbocycles.